The summed E-state index contributed by atoms with van der Waals surface area (Å²) in [7, 11) is -2.96. The average Bonchev–Trinajstić information content (AvgIpc) is 2.24. The maximum Gasteiger partial charge on any atom is 0.148 e. The molecule has 1 aromatic carbocycles. The van der Waals surface area contributed by atoms with E-state index < -0.39 is 9.84 Å². The van der Waals surface area contributed by atoms with Crippen LogP contribution >= 0.6 is 0 Å². The Bertz CT molecular complexity index is 518. The third-order valence-corrected chi connectivity index (χ3v) is 3.37. The first-order valence-corrected chi connectivity index (χ1v) is 7.37. The minimum absolute atomic E-state index is 0.101. The van der Waals surface area contributed by atoms with E-state index in [1.54, 1.807) is 12.1 Å². The molecule has 0 aromatic heterocycles. The van der Waals surface area contributed by atoms with Crippen LogP contribution in [0.4, 0.5) is 0 Å². The second-order valence-corrected chi connectivity index (χ2v) is 6.37. The molecular weight excluding hydrogens is 236 g/mol. The average molecular weight is 252 g/mol. The van der Waals surface area contributed by atoms with Crippen LogP contribution in [-0.2, 0) is 16.4 Å². The smallest absolute Gasteiger partial charge is 0.148 e. The van der Waals surface area contributed by atoms with Gasteiger partial charge < -0.3 is 5.32 Å². The van der Waals surface area contributed by atoms with Gasteiger partial charge in [-0.2, -0.15) is 5.26 Å². The molecule has 1 N–H and O–H groups in total. The number of sulfone groups is 1. The summed E-state index contributed by atoms with van der Waals surface area (Å²) in [5.41, 5.74) is 1.59. The lowest BCUT2D eigenvalue weighted by Gasteiger charge is -2.12. The lowest BCUT2D eigenvalue weighted by atomic mass is 10.1. The van der Waals surface area contributed by atoms with Gasteiger partial charge in [0, 0.05) is 18.8 Å². The second-order valence-electron chi connectivity index (χ2n) is 4.19. The summed E-state index contributed by atoms with van der Waals surface area (Å²) in [5.74, 6) is 0.116. The Morgan fingerprint density at radius 3 is 2.76 bits per heavy atom. The lowest BCUT2D eigenvalue weighted by molar-refractivity contribution is 0.560. The van der Waals surface area contributed by atoms with Gasteiger partial charge in [0.15, 0.2) is 0 Å². The van der Waals surface area contributed by atoms with Crippen molar-refractivity contribution in [2.75, 3.05) is 12.0 Å². The van der Waals surface area contributed by atoms with Crippen LogP contribution < -0.4 is 5.32 Å². The fourth-order valence-electron chi connectivity index (χ4n) is 1.56. The van der Waals surface area contributed by atoms with Gasteiger partial charge >= 0.3 is 0 Å². The van der Waals surface area contributed by atoms with E-state index >= 15 is 0 Å². The number of nitriles is 1. The third kappa shape index (κ3) is 5.48. The second kappa shape index (κ2) is 5.80. The van der Waals surface area contributed by atoms with Crippen molar-refractivity contribution in [1.82, 2.24) is 5.32 Å². The Balaban J connectivity index is 2.53. The Morgan fingerprint density at radius 2 is 2.18 bits per heavy atom. The van der Waals surface area contributed by atoms with E-state index in [1.807, 2.05) is 19.1 Å². The van der Waals surface area contributed by atoms with Gasteiger partial charge in [0.05, 0.1) is 17.4 Å². The Morgan fingerprint density at radius 1 is 1.47 bits per heavy atom. The quantitative estimate of drug-likeness (QED) is 0.851. The number of benzene rings is 1. The highest BCUT2D eigenvalue weighted by Gasteiger charge is 2.09. The number of rotatable bonds is 5. The molecule has 0 amide bonds. The molecule has 0 saturated heterocycles. The molecule has 1 rings (SSSR count). The molecule has 4 nitrogen and oxygen atoms in total. The van der Waals surface area contributed by atoms with E-state index in [0.717, 1.165) is 5.56 Å². The van der Waals surface area contributed by atoms with Crippen LogP contribution in [-0.4, -0.2) is 26.5 Å². The SMILES string of the molecule is CC(CS(C)(=O)=O)NCc1cccc(C#N)c1. The molecular formula is C12H16N2O2S. The first-order chi connectivity index (χ1) is 7.90. The zero-order chi connectivity index (χ0) is 12.9. The summed E-state index contributed by atoms with van der Waals surface area (Å²) < 4.78 is 22.1. The van der Waals surface area contributed by atoms with Gasteiger partial charge in [0.25, 0.3) is 0 Å². The van der Waals surface area contributed by atoms with Crippen molar-refractivity contribution < 1.29 is 8.42 Å². The summed E-state index contributed by atoms with van der Waals surface area (Å²) in [5, 5.41) is 11.9. The molecule has 0 saturated carbocycles. The molecule has 0 aliphatic carbocycles. The van der Waals surface area contributed by atoms with Crippen molar-refractivity contribution in [2.45, 2.75) is 19.5 Å². The summed E-state index contributed by atoms with van der Waals surface area (Å²) in [6.07, 6.45) is 1.22. The van der Waals surface area contributed by atoms with Gasteiger partial charge in [0.2, 0.25) is 0 Å². The molecule has 1 unspecified atom stereocenters. The number of hydrogen-bond acceptors (Lipinski definition) is 4. The largest absolute Gasteiger partial charge is 0.309 e. The van der Waals surface area contributed by atoms with Crippen LogP contribution in [0.25, 0.3) is 0 Å². The first kappa shape index (κ1) is 13.7. The molecule has 0 radical (unpaired) electrons. The van der Waals surface area contributed by atoms with Gasteiger partial charge in [-0.25, -0.2) is 8.42 Å². The van der Waals surface area contributed by atoms with E-state index in [9.17, 15) is 8.42 Å². The Labute approximate surface area is 102 Å². The zero-order valence-corrected chi connectivity index (χ0v) is 10.8. The highest BCUT2D eigenvalue weighted by Crippen LogP contribution is 2.04. The van der Waals surface area contributed by atoms with Crippen LogP contribution in [0.15, 0.2) is 24.3 Å². The molecule has 0 aliphatic heterocycles. The monoisotopic (exact) mass is 252 g/mol. The van der Waals surface area contributed by atoms with Gasteiger partial charge in [-0.1, -0.05) is 12.1 Å². The molecule has 5 heteroatoms. The summed E-state index contributed by atoms with van der Waals surface area (Å²) in [6, 6.07) is 9.22. The van der Waals surface area contributed by atoms with Crippen molar-refractivity contribution in [3.8, 4) is 6.07 Å². The van der Waals surface area contributed by atoms with Crippen LogP contribution in [0.5, 0.6) is 0 Å². The van der Waals surface area contributed by atoms with Gasteiger partial charge in [-0.3, -0.25) is 0 Å². The minimum Gasteiger partial charge on any atom is -0.309 e. The van der Waals surface area contributed by atoms with Crippen LogP contribution in [0.2, 0.25) is 0 Å². The van der Waals surface area contributed by atoms with Crippen LogP contribution in [0.3, 0.4) is 0 Å². The first-order valence-electron chi connectivity index (χ1n) is 5.31. The maximum atomic E-state index is 11.1. The van der Waals surface area contributed by atoms with E-state index in [0.29, 0.717) is 12.1 Å². The Kier molecular flexibility index (Phi) is 4.67. The summed E-state index contributed by atoms with van der Waals surface area (Å²) >= 11 is 0. The van der Waals surface area contributed by atoms with E-state index in [-0.39, 0.29) is 11.8 Å². The normalized spacial score (nSPS) is 13.0. The van der Waals surface area contributed by atoms with Gasteiger partial charge in [0.1, 0.15) is 9.84 Å². The molecule has 92 valence electrons. The van der Waals surface area contributed by atoms with Gasteiger partial charge in [-0.05, 0) is 24.6 Å². The molecule has 0 aliphatic rings. The maximum absolute atomic E-state index is 11.1. The number of hydrogen-bond donors (Lipinski definition) is 1. The lowest BCUT2D eigenvalue weighted by Crippen LogP contribution is -2.32. The van der Waals surface area contributed by atoms with Crippen molar-refractivity contribution >= 4 is 9.84 Å². The highest BCUT2D eigenvalue weighted by atomic mass is 32.2. The zero-order valence-electron chi connectivity index (χ0n) is 9.97. The van der Waals surface area contributed by atoms with Crippen LogP contribution in [0, 0.1) is 11.3 Å². The van der Waals surface area contributed by atoms with Crippen molar-refractivity contribution in [1.29, 1.82) is 5.26 Å². The topological polar surface area (TPSA) is 70.0 Å². The van der Waals surface area contributed by atoms with E-state index in [2.05, 4.69) is 11.4 Å². The van der Waals surface area contributed by atoms with Crippen LogP contribution in [0.1, 0.15) is 18.1 Å². The molecule has 17 heavy (non-hydrogen) atoms. The third-order valence-electron chi connectivity index (χ3n) is 2.26. The summed E-state index contributed by atoms with van der Waals surface area (Å²) in [4.78, 5) is 0. The molecule has 1 atom stereocenters. The van der Waals surface area contributed by atoms with E-state index in [4.69, 9.17) is 5.26 Å². The van der Waals surface area contributed by atoms with Crippen molar-refractivity contribution in [2.24, 2.45) is 0 Å². The number of nitrogens with zero attached hydrogens (tertiary/aromatic N) is 1. The predicted molar refractivity (Wildman–Crippen MR) is 67.2 cm³/mol. The molecule has 0 fully saturated rings. The molecule has 0 bridgehead atoms. The van der Waals surface area contributed by atoms with Crippen molar-refractivity contribution in [3.05, 3.63) is 35.4 Å². The Hall–Kier alpha value is -1.38. The summed E-state index contributed by atoms with van der Waals surface area (Å²) in [6.45, 7) is 2.39. The standard InChI is InChI=1S/C12H16N2O2S/c1-10(9-17(2,15)16)14-8-12-5-3-4-11(6-12)7-13/h3-6,10,14H,8-9H2,1-2H3. The molecule has 1 aromatic rings. The highest BCUT2D eigenvalue weighted by molar-refractivity contribution is 7.90. The van der Waals surface area contributed by atoms with E-state index in [1.165, 1.54) is 6.26 Å². The fraction of sp³-hybridized carbons (Fsp3) is 0.417. The van der Waals surface area contributed by atoms with Gasteiger partial charge in [-0.15, -0.1) is 0 Å². The fourth-order valence-corrected chi connectivity index (χ4v) is 2.58. The number of nitrogens with one attached hydrogen (secondary N) is 1. The minimum atomic E-state index is -2.96. The molecule has 0 spiro atoms. The predicted octanol–water partition coefficient (Wildman–Crippen LogP) is 1.08. The molecule has 0 heterocycles. The van der Waals surface area contributed by atoms with Crippen molar-refractivity contribution in [3.63, 3.8) is 0 Å².